The molecule has 2 N–H and O–H groups in total. The van der Waals surface area contributed by atoms with E-state index >= 15 is 17.6 Å². The van der Waals surface area contributed by atoms with Crippen LogP contribution >= 0.6 is 11.3 Å². The minimum Gasteiger partial charge on any atom is -0.461 e. The standard InChI is InChI=1S/C35H33F6N7O2S/c1-4-25(49)48-17(2)13-46(14-18(48)3)32-21-10-23(35(39,40)41)27(20-6-7-24(37)30-26(20)22(12-42)31(43)51-30)28(38)29(21)44-33(45-32)50-16-34-8-5-9-47(34)15-19(36)11-34/h4,6-7,10,17-19H,1,5,8-9,11,13-16,43H2,2-3H3/t17-,18-,19+,34-/m0/s1. The van der Waals surface area contributed by atoms with E-state index in [1.54, 1.807) is 23.6 Å². The van der Waals surface area contributed by atoms with Crippen molar-refractivity contribution in [2.45, 2.75) is 63.1 Å². The molecule has 4 atom stereocenters. The van der Waals surface area contributed by atoms with Crippen molar-refractivity contribution in [1.29, 1.82) is 5.26 Å². The maximum atomic E-state index is 17.1. The van der Waals surface area contributed by atoms with Crippen molar-refractivity contribution >= 4 is 49.1 Å². The van der Waals surface area contributed by atoms with Crippen molar-refractivity contribution in [1.82, 2.24) is 19.8 Å². The van der Waals surface area contributed by atoms with Gasteiger partial charge in [0.25, 0.3) is 0 Å². The molecule has 16 heteroatoms. The third-order valence-electron chi connectivity index (χ3n) is 10.3. The highest BCUT2D eigenvalue weighted by atomic mass is 32.1. The number of nitrogens with zero attached hydrogens (tertiary/aromatic N) is 6. The average Bonchev–Trinajstić information content (AvgIpc) is 3.72. The minimum atomic E-state index is -5.13. The first-order valence-corrected chi connectivity index (χ1v) is 17.2. The van der Waals surface area contributed by atoms with Crippen LogP contribution in [0.25, 0.3) is 32.1 Å². The molecule has 2 aromatic heterocycles. The predicted octanol–water partition coefficient (Wildman–Crippen LogP) is 6.83. The Morgan fingerprint density at radius 3 is 2.61 bits per heavy atom. The maximum absolute atomic E-state index is 17.1. The number of fused-ring (bicyclic) bond motifs is 3. The first-order chi connectivity index (χ1) is 24.2. The molecule has 268 valence electrons. The first kappa shape index (κ1) is 34.8. The molecule has 1 amide bonds. The number of alkyl halides is 4. The van der Waals surface area contributed by atoms with Gasteiger partial charge in [-0.1, -0.05) is 12.6 Å². The molecule has 0 saturated carbocycles. The summed E-state index contributed by atoms with van der Waals surface area (Å²) >= 11 is 0.675. The normalized spacial score (nSPS) is 23.9. The van der Waals surface area contributed by atoms with E-state index in [1.807, 2.05) is 11.0 Å². The number of halogens is 6. The summed E-state index contributed by atoms with van der Waals surface area (Å²) in [5.41, 5.74) is 1.83. The lowest BCUT2D eigenvalue weighted by Gasteiger charge is -2.44. The number of aromatic nitrogens is 2. The number of rotatable bonds is 6. The van der Waals surface area contributed by atoms with Crippen molar-refractivity contribution in [3.63, 3.8) is 0 Å². The van der Waals surface area contributed by atoms with Crippen LogP contribution in [-0.4, -0.2) is 82.3 Å². The van der Waals surface area contributed by atoms with Gasteiger partial charge in [-0.25, -0.2) is 13.2 Å². The second-order valence-corrected chi connectivity index (χ2v) is 14.6. The van der Waals surface area contributed by atoms with Crippen LogP contribution < -0.4 is 15.4 Å². The number of carbonyl (C=O) groups excluding carboxylic acids is 1. The number of thiophene rings is 1. The molecule has 9 nitrogen and oxygen atoms in total. The van der Waals surface area contributed by atoms with E-state index in [4.69, 9.17) is 10.5 Å². The molecular formula is C35H33F6N7O2S. The number of hydrogen-bond acceptors (Lipinski definition) is 9. The molecule has 2 aromatic carbocycles. The van der Waals surface area contributed by atoms with Crippen LogP contribution in [0, 0.1) is 23.0 Å². The third kappa shape index (κ3) is 5.70. The first-order valence-electron chi connectivity index (χ1n) is 16.4. The zero-order valence-electron chi connectivity index (χ0n) is 27.7. The van der Waals surface area contributed by atoms with Crippen molar-refractivity contribution in [2.75, 3.05) is 43.4 Å². The third-order valence-corrected chi connectivity index (χ3v) is 11.3. The SMILES string of the molecule is C=CC(=O)N1[C@@H](C)CN(c2nc(OC[C@@]34CCCN3C[C@H](F)C4)nc3c(F)c(-c4ccc(F)c5sc(N)c(C#N)c45)c(C(F)(F)F)cc23)C[C@@H]1C. The molecule has 0 unspecified atom stereocenters. The smallest absolute Gasteiger partial charge is 0.417 e. The molecule has 3 fully saturated rings. The summed E-state index contributed by atoms with van der Waals surface area (Å²) in [6, 6.07) is 3.26. The number of nitrogen functional groups attached to an aromatic ring is 1. The van der Waals surface area contributed by atoms with E-state index in [0.29, 0.717) is 24.3 Å². The van der Waals surface area contributed by atoms with Crippen LogP contribution in [0.1, 0.15) is 44.2 Å². The summed E-state index contributed by atoms with van der Waals surface area (Å²) in [6.07, 6.45) is -3.30. The number of ether oxygens (including phenoxy) is 1. The molecule has 3 saturated heterocycles. The number of piperazine rings is 1. The van der Waals surface area contributed by atoms with Gasteiger partial charge in [-0.15, -0.1) is 11.3 Å². The summed E-state index contributed by atoms with van der Waals surface area (Å²) in [4.78, 5) is 26.8. The van der Waals surface area contributed by atoms with Gasteiger partial charge in [-0.3, -0.25) is 9.69 Å². The Labute approximate surface area is 292 Å². The number of nitrogens with two attached hydrogens (primary N) is 1. The second kappa shape index (κ2) is 12.6. The van der Waals surface area contributed by atoms with E-state index in [2.05, 4.69) is 16.5 Å². The van der Waals surface area contributed by atoms with Gasteiger partial charge in [-0.05, 0) is 57.0 Å². The number of carbonyl (C=O) groups is 1. The molecule has 3 aliphatic heterocycles. The fraction of sp³-hybridized carbons (Fsp3) is 0.429. The highest BCUT2D eigenvalue weighted by Crippen LogP contribution is 2.48. The highest BCUT2D eigenvalue weighted by Gasteiger charge is 2.49. The van der Waals surface area contributed by atoms with E-state index in [1.165, 1.54) is 6.08 Å². The Morgan fingerprint density at radius 2 is 1.94 bits per heavy atom. The second-order valence-electron chi connectivity index (χ2n) is 13.5. The molecule has 0 aliphatic carbocycles. The van der Waals surface area contributed by atoms with Gasteiger partial charge in [0.15, 0.2) is 5.82 Å². The summed E-state index contributed by atoms with van der Waals surface area (Å²) in [5, 5.41) is 9.19. The number of hydrogen-bond donors (Lipinski definition) is 1. The Hall–Kier alpha value is -4.62. The van der Waals surface area contributed by atoms with Crippen LogP contribution in [0.2, 0.25) is 0 Å². The van der Waals surface area contributed by atoms with Crippen LogP contribution in [0.15, 0.2) is 30.9 Å². The summed E-state index contributed by atoms with van der Waals surface area (Å²) < 4.78 is 97.6. The molecule has 5 heterocycles. The fourth-order valence-corrected chi connectivity index (χ4v) is 9.12. The molecule has 51 heavy (non-hydrogen) atoms. The number of amides is 1. The Morgan fingerprint density at radius 1 is 1.22 bits per heavy atom. The summed E-state index contributed by atoms with van der Waals surface area (Å²) in [7, 11) is 0. The van der Waals surface area contributed by atoms with Crippen molar-refractivity contribution < 1.29 is 35.9 Å². The molecule has 0 bridgehead atoms. The topological polar surface area (TPSA) is 112 Å². The monoisotopic (exact) mass is 729 g/mol. The highest BCUT2D eigenvalue weighted by molar-refractivity contribution is 7.23. The molecule has 7 rings (SSSR count). The van der Waals surface area contributed by atoms with Crippen LogP contribution in [0.4, 0.5) is 37.2 Å². The molecular weight excluding hydrogens is 696 g/mol. The van der Waals surface area contributed by atoms with Crippen molar-refractivity contribution in [2.24, 2.45) is 0 Å². The average molecular weight is 730 g/mol. The summed E-state index contributed by atoms with van der Waals surface area (Å²) in [6.45, 7) is 8.25. The van der Waals surface area contributed by atoms with Gasteiger partial charge < -0.3 is 20.3 Å². The largest absolute Gasteiger partial charge is 0.461 e. The van der Waals surface area contributed by atoms with Gasteiger partial charge >= 0.3 is 12.2 Å². The number of anilines is 2. The molecule has 0 radical (unpaired) electrons. The van der Waals surface area contributed by atoms with E-state index < -0.39 is 58.2 Å². The van der Waals surface area contributed by atoms with E-state index in [9.17, 15) is 18.8 Å². The molecule has 0 spiro atoms. The van der Waals surface area contributed by atoms with Gasteiger partial charge in [0.05, 0.1) is 21.4 Å². The lowest BCUT2D eigenvalue weighted by molar-refractivity contribution is -0.137. The van der Waals surface area contributed by atoms with Gasteiger partial charge in [0.1, 0.15) is 41.0 Å². The molecule has 4 aromatic rings. The summed E-state index contributed by atoms with van der Waals surface area (Å²) in [5.74, 6) is -2.59. The van der Waals surface area contributed by atoms with Gasteiger partial charge in [0.2, 0.25) is 5.91 Å². The lowest BCUT2D eigenvalue weighted by atomic mass is 9.92. The zero-order valence-corrected chi connectivity index (χ0v) is 28.5. The maximum Gasteiger partial charge on any atom is 0.417 e. The Balaban J connectivity index is 1.45. The van der Waals surface area contributed by atoms with Gasteiger partial charge in [-0.2, -0.15) is 28.4 Å². The number of nitriles is 1. The van der Waals surface area contributed by atoms with E-state index in [-0.39, 0.29) is 82.0 Å². The lowest BCUT2D eigenvalue weighted by Crippen LogP contribution is -2.58. The van der Waals surface area contributed by atoms with Crippen LogP contribution in [0.3, 0.4) is 0 Å². The minimum absolute atomic E-state index is 0.0276. The zero-order chi connectivity index (χ0) is 36.6. The van der Waals surface area contributed by atoms with E-state index in [0.717, 1.165) is 24.6 Å². The number of benzene rings is 2. The van der Waals surface area contributed by atoms with Gasteiger partial charge in [0, 0.05) is 54.5 Å². The van der Waals surface area contributed by atoms with Crippen LogP contribution in [0.5, 0.6) is 6.01 Å². The van der Waals surface area contributed by atoms with Crippen molar-refractivity contribution in [3.05, 3.63) is 53.6 Å². The predicted molar refractivity (Wildman–Crippen MR) is 181 cm³/mol. The Kier molecular flexibility index (Phi) is 8.57. The Bertz CT molecular complexity index is 2120. The van der Waals surface area contributed by atoms with Crippen LogP contribution in [-0.2, 0) is 11.0 Å². The molecule has 3 aliphatic rings. The quantitative estimate of drug-likeness (QED) is 0.170. The fourth-order valence-electron chi connectivity index (χ4n) is 8.18. The van der Waals surface area contributed by atoms with Crippen molar-refractivity contribution in [3.8, 4) is 23.2 Å².